The van der Waals surface area contributed by atoms with E-state index in [-0.39, 0.29) is 23.0 Å². The molecule has 1 amide bonds. The summed E-state index contributed by atoms with van der Waals surface area (Å²) < 4.78 is 15.1. The summed E-state index contributed by atoms with van der Waals surface area (Å²) in [5.74, 6) is 5.74. The highest BCUT2D eigenvalue weighted by Crippen LogP contribution is 2.26. The molecule has 0 radical (unpaired) electrons. The monoisotopic (exact) mass is 383 g/mol. The number of carbonyl (C=O) groups excluding carboxylic acids is 1. The highest BCUT2D eigenvalue weighted by atomic mass is 32.2. The van der Waals surface area contributed by atoms with Crippen molar-refractivity contribution in [3.05, 3.63) is 59.4 Å². The predicted molar refractivity (Wildman–Crippen MR) is 103 cm³/mol. The Morgan fingerprint density at radius 3 is 2.85 bits per heavy atom. The molecule has 1 aliphatic rings. The number of benzene rings is 2. The molecule has 8 heteroatoms. The Kier molecular flexibility index (Phi) is 4.81. The van der Waals surface area contributed by atoms with Crippen molar-refractivity contribution in [1.82, 2.24) is 14.9 Å². The van der Waals surface area contributed by atoms with Crippen LogP contribution in [0.5, 0.6) is 0 Å². The van der Waals surface area contributed by atoms with Crippen LogP contribution in [0.25, 0.3) is 11.4 Å². The van der Waals surface area contributed by atoms with Gasteiger partial charge in [-0.15, -0.1) is 10.2 Å². The maximum atomic E-state index is 13.9. The number of carbonyl (C=O) groups is 1. The molecule has 138 valence electrons. The summed E-state index contributed by atoms with van der Waals surface area (Å²) >= 11 is 1.15. The molecule has 0 saturated heterocycles. The van der Waals surface area contributed by atoms with Gasteiger partial charge in [-0.25, -0.2) is 9.07 Å². The summed E-state index contributed by atoms with van der Waals surface area (Å²) in [7, 11) is 0. The number of fused-ring (bicyclic) bond motifs is 1. The van der Waals surface area contributed by atoms with Gasteiger partial charge in [-0.05, 0) is 54.7 Å². The summed E-state index contributed by atoms with van der Waals surface area (Å²) in [5, 5.41) is 11.1. The van der Waals surface area contributed by atoms with E-state index >= 15 is 0 Å². The Bertz CT molecular complexity index is 1000. The summed E-state index contributed by atoms with van der Waals surface area (Å²) in [6, 6.07) is 12.2. The quantitative estimate of drug-likeness (QED) is 0.522. The molecule has 4 rings (SSSR count). The van der Waals surface area contributed by atoms with Crippen molar-refractivity contribution in [2.75, 3.05) is 16.9 Å². The topological polar surface area (TPSA) is 85.8 Å². The van der Waals surface area contributed by atoms with Crippen LogP contribution in [0.1, 0.15) is 17.5 Å². The number of aromatic nitrogens is 3. The molecular weight excluding hydrogens is 365 g/mol. The lowest BCUT2D eigenvalue weighted by Crippen LogP contribution is -2.16. The molecule has 0 aliphatic heterocycles. The average Bonchev–Trinajstić information content (AvgIpc) is 3.27. The second kappa shape index (κ2) is 7.40. The van der Waals surface area contributed by atoms with Crippen LogP contribution >= 0.6 is 11.8 Å². The van der Waals surface area contributed by atoms with Gasteiger partial charge in [0.05, 0.1) is 11.3 Å². The van der Waals surface area contributed by atoms with E-state index in [0.717, 1.165) is 30.3 Å². The van der Waals surface area contributed by atoms with Gasteiger partial charge < -0.3 is 11.2 Å². The minimum Gasteiger partial charge on any atom is -0.335 e. The summed E-state index contributed by atoms with van der Waals surface area (Å²) in [5.41, 5.74) is 3.72. The van der Waals surface area contributed by atoms with Crippen LogP contribution in [0.4, 0.5) is 10.1 Å². The molecule has 1 aromatic heterocycles. The number of hydrogen-bond donors (Lipinski definition) is 2. The van der Waals surface area contributed by atoms with Crippen LogP contribution < -0.4 is 11.2 Å². The van der Waals surface area contributed by atoms with Crippen molar-refractivity contribution >= 4 is 23.4 Å². The molecule has 0 unspecified atom stereocenters. The minimum atomic E-state index is -0.428. The molecule has 3 N–H and O–H groups in total. The molecule has 0 saturated carbocycles. The van der Waals surface area contributed by atoms with Crippen LogP contribution in [-0.2, 0) is 17.6 Å². The maximum Gasteiger partial charge on any atom is 0.234 e. The molecule has 2 aromatic carbocycles. The SMILES string of the molecule is Nn1c(SCC(=O)Nc2ccc3c(c2)CCC3)nnc1-c1ccccc1F. The number of thioether (sulfide) groups is 1. The number of rotatable bonds is 5. The van der Waals surface area contributed by atoms with E-state index in [9.17, 15) is 9.18 Å². The van der Waals surface area contributed by atoms with E-state index in [2.05, 4.69) is 21.6 Å². The number of amides is 1. The van der Waals surface area contributed by atoms with E-state index in [1.807, 2.05) is 12.1 Å². The smallest absolute Gasteiger partial charge is 0.234 e. The lowest BCUT2D eigenvalue weighted by Gasteiger charge is -2.07. The number of halogens is 1. The Morgan fingerprint density at radius 1 is 1.19 bits per heavy atom. The van der Waals surface area contributed by atoms with Gasteiger partial charge in [0.2, 0.25) is 11.1 Å². The Balaban J connectivity index is 1.40. The normalized spacial score (nSPS) is 12.8. The molecular formula is C19H18FN5OS. The van der Waals surface area contributed by atoms with E-state index < -0.39 is 5.82 Å². The van der Waals surface area contributed by atoms with Crippen LogP contribution in [0.3, 0.4) is 0 Å². The highest BCUT2D eigenvalue weighted by molar-refractivity contribution is 7.99. The Morgan fingerprint density at radius 2 is 2.00 bits per heavy atom. The first-order valence-electron chi connectivity index (χ1n) is 8.61. The van der Waals surface area contributed by atoms with Gasteiger partial charge in [-0.1, -0.05) is 30.0 Å². The van der Waals surface area contributed by atoms with Crippen LogP contribution in [0.2, 0.25) is 0 Å². The first kappa shape index (κ1) is 17.5. The molecule has 6 nitrogen and oxygen atoms in total. The number of nitrogens with one attached hydrogen (secondary N) is 1. The van der Waals surface area contributed by atoms with Gasteiger partial charge in [0.15, 0.2) is 5.82 Å². The Hall–Kier alpha value is -2.87. The number of aryl methyl sites for hydroxylation is 2. The predicted octanol–water partition coefficient (Wildman–Crippen LogP) is 3.02. The summed E-state index contributed by atoms with van der Waals surface area (Å²) in [4.78, 5) is 12.2. The first-order chi connectivity index (χ1) is 13.1. The molecule has 1 heterocycles. The zero-order valence-corrected chi connectivity index (χ0v) is 15.3. The minimum absolute atomic E-state index is 0.129. The number of hydrogen-bond acceptors (Lipinski definition) is 5. The van der Waals surface area contributed by atoms with Gasteiger partial charge in [-0.3, -0.25) is 4.79 Å². The van der Waals surface area contributed by atoms with Gasteiger partial charge >= 0.3 is 0 Å². The van der Waals surface area contributed by atoms with Gasteiger partial charge in [0, 0.05) is 5.69 Å². The molecule has 3 aromatic rings. The van der Waals surface area contributed by atoms with E-state index in [0.29, 0.717) is 5.16 Å². The molecule has 0 bridgehead atoms. The van der Waals surface area contributed by atoms with Crippen LogP contribution in [-0.4, -0.2) is 26.5 Å². The summed E-state index contributed by atoms with van der Waals surface area (Å²) in [6.45, 7) is 0. The maximum absolute atomic E-state index is 13.9. The fourth-order valence-corrected chi connectivity index (χ4v) is 3.83. The molecule has 0 atom stereocenters. The van der Waals surface area contributed by atoms with Crippen molar-refractivity contribution in [1.29, 1.82) is 0 Å². The number of nitrogens with two attached hydrogens (primary N) is 1. The van der Waals surface area contributed by atoms with Gasteiger partial charge in [-0.2, -0.15) is 0 Å². The third-order valence-corrected chi connectivity index (χ3v) is 5.44. The van der Waals surface area contributed by atoms with Crippen molar-refractivity contribution in [2.45, 2.75) is 24.4 Å². The molecule has 0 spiro atoms. The highest BCUT2D eigenvalue weighted by Gasteiger charge is 2.17. The van der Waals surface area contributed by atoms with Gasteiger partial charge in [0.25, 0.3) is 0 Å². The van der Waals surface area contributed by atoms with E-state index in [1.165, 1.54) is 28.3 Å². The first-order valence-corrected chi connectivity index (χ1v) is 9.60. The fraction of sp³-hybridized carbons (Fsp3) is 0.211. The van der Waals surface area contributed by atoms with Crippen LogP contribution in [0.15, 0.2) is 47.6 Å². The van der Waals surface area contributed by atoms with E-state index in [4.69, 9.17) is 5.84 Å². The molecule has 0 fully saturated rings. The van der Waals surface area contributed by atoms with Crippen molar-refractivity contribution in [3.63, 3.8) is 0 Å². The fourth-order valence-electron chi connectivity index (χ4n) is 3.18. The van der Waals surface area contributed by atoms with Crippen molar-refractivity contribution in [3.8, 4) is 11.4 Å². The lowest BCUT2D eigenvalue weighted by molar-refractivity contribution is -0.113. The largest absolute Gasteiger partial charge is 0.335 e. The average molecular weight is 383 g/mol. The van der Waals surface area contributed by atoms with Crippen molar-refractivity contribution < 1.29 is 9.18 Å². The molecule has 27 heavy (non-hydrogen) atoms. The van der Waals surface area contributed by atoms with Crippen molar-refractivity contribution in [2.24, 2.45) is 0 Å². The second-order valence-corrected chi connectivity index (χ2v) is 7.27. The Labute approximate surface area is 160 Å². The van der Waals surface area contributed by atoms with Gasteiger partial charge in [0.1, 0.15) is 5.82 Å². The van der Waals surface area contributed by atoms with Crippen LogP contribution in [0, 0.1) is 5.82 Å². The zero-order valence-electron chi connectivity index (χ0n) is 14.5. The number of anilines is 1. The third-order valence-electron chi connectivity index (χ3n) is 4.49. The third kappa shape index (κ3) is 3.66. The molecule has 1 aliphatic carbocycles. The zero-order chi connectivity index (χ0) is 18.8. The number of nitrogens with zero attached hydrogens (tertiary/aromatic N) is 3. The number of nitrogen functional groups attached to an aromatic ring is 1. The van der Waals surface area contributed by atoms with E-state index in [1.54, 1.807) is 18.2 Å². The summed E-state index contributed by atoms with van der Waals surface area (Å²) in [6.07, 6.45) is 3.33. The second-order valence-electron chi connectivity index (χ2n) is 6.33. The lowest BCUT2D eigenvalue weighted by atomic mass is 10.1. The standard InChI is InChI=1S/C19H18FN5OS/c20-16-7-2-1-6-15(16)18-23-24-19(25(18)21)27-11-17(26)22-14-9-8-12-4-3-5-13(12)10-14/h1-2,6-10H,3-5,11,21H2,(H,22,26).